The van der Waals surface area contributed by atoms with E-state index in [4.69, 9.17) is 31.6 Å². The van der Waals surface area contributed by atoms with Gasteiger partial charge in [-0.3, -0.25) is 52.1 Å². The monoisotopic (exact) mass is 1720 g/mol. The average molecular weight is 1720 g/mol. The summed E-state index contributed by atoms with van der Waals surface area (Å²) < 4.78 is 193. The van der Waals surface area contributed by atoms with Gasteiger partial charge in [-0.1, -0.05) is 31.8 Å². The van der Waals surface area contributed by atoms with Crippen molar-refractivity contribution in [2.45, 2.75) is 44.2 Å². The maximum atomic E-state index is 13.1. The number of anilines is 4. The van der Waals surface area contributed by atoms with E-state index in [9.17, 15) is 101 Å². The van der Waals surface area contributed by atoms with E-state index in [-0.39, 0.29) is 127 Å². The summed E-state index contributed by atoms with van der Waals surface area (Å²) in [6.07, 6.45) is 9.81. The number of nitro groups is 4. The number of hydrazine groups is 2. The minimum Gasteiger partial charge on any atom is -0.796 e. The molecule has 580 valence electrons. The van der Waals surface area contributed by atoms with Crippen LogP contribution >= 0.6 is 72.1 Å². The molecule has 0 spiro atoms. The van der Waals surface area contributed by atoms with Gasteiger partial charge in [-0.05, 0) is 116 Å². The van der Waals surface area contributed by atoms with E-state index in [2.05, 4.69) is 32.7 Å². The van der Waals surface area contributed by atoms with Crippen LogP contribution in [0.1, 0.15) is 14.9 Å². The second-order valence-corrected chi connectivity index (χ2v) is 25.3. The summed E-state index contributed by atoms with van der Waals surface area (Å²) in [5.74, 6) is 2.22. The van der Waals surface area contributed by atoms with Crippen molar-refractivity contribution in [1.29, 1.82) is 0 Å². The van der Waals surface area contributed by atoms with Crippen molar-refractivity contribution >= 4 is 161 Å². The number of rotatable bonds is 14. The molecular weight excluding hydrogens is 1660 g/mol. The maximum absolute atomic E-state index is 13.1. The SMILES string of the molecule is C.C.COOSc1ccc(NN)cc1F.CS(=O)(=O)c1ccc(N)cc1F.CS(=O)(=O)c1ccc([N+](=O)[O-])cc1F.CSc1ccc(N)cc1F.CSc1ccc(NN)cc1F.CSc1ccc([N+](=O)[O-])cc1F.C[S-].C[S-](=O)=O.Cl.Cl.O=[N+]([O-])c1ccc(F)c(F)c1.O=[N+]([O-])c1ccc(F)c(F)c1.[Na+].[Na+]. The van der Waals surface area contributed by atoms with Gasteiger partial charge >= 0.3 is 59.1 Å². The van der Waals surface area contributed by atoms with E-state index in [1.54, 1.807) is 42.8 Å². The molecule has 0 aliphatic carbocycles. The molecule has 0 aliphatic heterocycles. The summed E-state index contributed by atoms with van der Waals surface area (Å²) in [7, 11) is -7.67. The number of nitrogens with one attached hydrogen (secondary N) is 2. The number of benzene rings is 8. The normalized spacial score (nSPS) is 9.45. The van der Waals surface area contributed by atoms with E-state index in [0.29, 0.717) is 67.0 Å². The summed E-state index contributed by atoms with van der Waals surface area (Å²) in [6.45, 7) is 0. The molecule has 0 unspecified atom stereocenters. The fourth-order valence-electron chi connectivity index (χ4n) is 5.86. The quantitative estimate of drug-likeness (QED) is 0.00563. The van der Waals surface area contributed by atoms with E-state index >= 15 is 0 Å². The average Bonchev–Trinajstić information content (AvgIpc) is 0.845. The van der Waals surface area contributed by atoms with Crippen LogP contribution in [0.4, 0.5) is 89.4 Å². The first-order chi connectivity index (χ1) is 46.6. The van der Waals surface area contributed by atoms with E-state index in [0.717, 1.165) is 73.3 Å². The van der Waals surface area contributed by atoms with E-state index < -0.39 is 119 Å². The van der Waals surface area contributed by atoms with Crippen LogP contribution in [0.15, 0.2) is 175 Å². The molecule has 10 N–H and O–H groups in total. The van der Waals surface area contributed by atoms with Crippen LogP contribution in [0.2, 0.25) is 0 Å². The molecule has 8 aromatic rings. The number of nitrogens with two attached hydrogens (primary N) is 4. The van der Waals surface area contributed by atoms with E-state index in [1.807, 2.05) is 12.5 Å². The third-order valence-electron chi connectivity index (χ3n) is 10.2. The van der Waals surface area contributed by atoms with E-state index in [1.165, 1.54) is 84.9 Å². The first kappa shape index (κ1) is 116. The third-order valence-corrected chi connectivity index (χ3v) is 15.5. The van der Waals surface area contributed by atoms with Crippen LogP contribution in [0.5, 0.6) is 0 Å². The molecule has 48 heteroatoms. The summed E-state index contributed by atoms with van der Waals surface area (Å²) in [4.78, 5) is 42.8. The van der Waals surface area contributed by atoms with Crippen LogP contribution in [0.3, 0.4) is 0 Å². The number of nitrogen functional groups attached to an aromatic ring is 4. The van der Waals surface area contributed by atoms with Crippen molar-refractivity contribution in [1.82, 2.24) is 0 Å². The molecule has 8 aromatic carbocycles. The molecule has 26 nitrogen and oxygen atoms in total. The van der Waals surface area contributed by atoms with Crippen molar-refractivity contribution in [2.75, 3.05) is 73.2 Å². The number of nitrogens with zero attached hydrogens (tertiary/aromatic N) is 4. The fraction of sp³-hybridized carbons (Fsp3) is 0.172. The van der Waals surface area contributed by atoms with Gasteiger partial charge in [0.1, 0.15) is 44.7 Å². The molecule has 0 radical (unpaired) electrons. The first-order valence-corrected chi connectivity index (χ1v) is 36.1. The Morgan fingerprint density at radius 2 is 0.670 bits per heavy atom. The van der Waals surface area contributed by atoms with Crippen molar-refractivity contribution in [3.8, 4) is 0 Å². The summed E-state index contributed by atoms with van der Waals surface area (Å²) >= 11 is 8.85. The van der Waals surface area contributed by atoms with Crippen molar-refractivity contribution in [2.24, 2.45) is 11.7 Å². The van der Waals surface area contributed by atoms with Gasteiger partial charge in [-0.2, -0.15) is 10.6 Å². The Labute approximate surface area is 684 Å². The number of hydrogen-bond donors (Lipinski definition) is 6. The Morgan fingerprint density at radius 3 is 0.934 bits per heavy atom. The summed E-state index contributed by atoms with van der Waals surface area (Å²) in [6, 6.07) is 27.7. The Balaban J connectivity index is -0.000000170. The van der Waals surface area contributed by atoms with Gasteiger partial charge in [-0.25, -0.2) is 65.6 Å². The minimum atomic E-state index is -3.67. The van der Waals surface area contributed by atoms with Crippen LogP contribution < -0.4 is 93.1 Å². The third kappa shape index (κ3) is 47.0. The molecule has 0 saturated carbocycles. The number of non-ortho nitro benzene ring substituents is 4. The largest absolute Gasteiger partial charge is 1.00 e. The Kier molecular flexibility index (Phi) is 66.3. The Morgan fingerprint density at radius 1 is 0.425 bits per heavy atom. The second kappa shape index (κ2) is 60.7. The van der Waals surface area contributed by atoms with Gasteiger partial charge in [0.25, 0.3) is 22.7 Å². The van der Waals surface area contributed by atoms with Gasteiger partial charge in [0, 0.05) is 62.8 Å². The first-order valence-electron chi connectivity index (χ1n) is 25.6. The zero-order chi connectivity index (χ0) is 77.4. The van der Waals surface area contributed by atoms with Crippen molar-refractivity contribution in [3.05, 3.63) is 244 Å². The predicted molar refractivity (Wildman–Crippen MR) is 394 cm³/mol. The zero-order valence-corrected chi connectivity index (χ0v) is 67.5. The summed E-state index contributed by atoms with van der Waals surface area (Å²) in [5.41, 5.74) is 15.4. The molecule has 8 rings (SSSR count). The number of nitro benzene ring substituents is 4. The van der Waals surface area contributed by atoms with Crippen LogP contribution in [0.25, 0.3) is 0 Å². The number of thioether (sulfide) groups is 3. The van der Waals surface area contributed by atoms with Gasteiger partial charge < -0.3 is 43.4 Å². The summed E-state index contributed by atoms with van der Waals surface area (Å²) in [5, 5.41) is 40.4. The van der Waals surface area contributed by atoms with Crippen LogP contribution in [0, 0.1) is 98.6 Å². The Hall–Kier alpha value is -6.12. The molecular formula is C58H68Cl2F10N10Na2O16S8. The van der Waals surface area contributed by atoms with Gasteiger partial charge in [0.15, 0.2) is 42.9 Å². The molecule has 0 heterocycles. The number of sulfone groups is 2. The van der Waals surface area contributed by atoms with Gasteiger partial charge in [0.2, 0.25) is 0 Å². The van der Waals surface area contributed by atoms with Crippen LogP contribution in [-0.4, -0.2) is 87.4 Å². The minimum absolute atomic E-state index is 0. The predicted octanol–water partition coefficient (Wildman–Crippen LogP) is 10.0. The molecule has 0 saturated heterocycles. The van der Waals surface area contributed by atoms with Crippen molar-refractivity contribution < 1.29 is 157 Å². The molecule has 0 aliphatic rings. The zero-order valence-electron chi connectivity index (χ0n) is 55.3. The van der Waals surface area contributed by atoms with Crippen molar-refractivity contribution in [3.63, 3.8) is 0 Å². The van der Waals surface area contributed by atoms with Gasteiger partial charge in [0.05, 0.1) is 79.4 Å². The fourth-order valence-corrected chi connectivity index (χ4v) is 9.09. The Bertz CT molecular complexity index is 4290. The topological polar surface area (TPSA) is 422 Å². The van der Waals surface area contributed by atoms with Crippen LogP contribution in [-0.2, 0) is 60.6 Å². The number of halogens is 12. The second-order valence-electron chi connectivity index (χ2n) is 17.3. The standard InChI is InChI=1S/C7H9FN2O2S.C7H9FN2S.C7H6FNO4S.C7H8FNO2S.C7H6FNO2S.C7H8FNS.2C6H3F2NO2.CH3O2S.CH4S.2CH4.2ClH.2Na/c1-11-12-13-7-3-2-5(10-9)4-6(7)8;1-11-7-3-2-5(10-9)4-6(7)8;1-14(12,13)7-3-2-5(9(10)11)4-6(7)8;1-12(10,11)7-3-2-5(9)4-6(7)8;1-12-7-3-2-5(9(10)11)4-6(7)8;1-10-7-3-2-5(9)4-6(7)8;2*7-5-2-1-4(9(10)11)3-6(5)8;1-4(2)3;1-2;;;;;;/h2-4,10H,9H2,1H3;2-4,10H,9H2,1H3;2-4H,1H3;2-4H,9H2,1H3;2-4H,1H3;2-4H,9H2,1H3;2*1-3H;1H3;2H,1H3;2*1H4;2*1H;;/q;;;;;;;;-1;;;;;;2*+1/p-1. The van der Waals surface area contributed by atoms with Gasteiger partial charge in [-0.15, -0.1) is 60.1 Å². The molecule has 0 amide bonds. The molecule has 0 atom stereocenters. The maximum Gasteiger partial charge on any atom is 1.00 e. The molecule has 106 heavy (non-hydrogen) atoms. The molecule has 0 bridgehead atoms. The molecule has 0 aromatic heterocycles. The number of hydrogen-bond acceptors (Lipinski definition) is 28. The smallest absolute Gasteiger partial charge is 0.796 e. The molecule has 0 fully saturated rings.